The number of likely N-dealkylation sites (tertiary alicyclic amines) is 1. The highest BCUT2D eigenvalue weighted by Gasteiger charge is 2.24. The number of nitrogens with one attached hydrogen (secondary N) is 2. The molecule has 4 rings (SSSR count). The van der Waals surface area contributed by atoms with E-state index in [1.165, 1.54) is 18.9 Å². The lowest BCUT2D eigenvalue weighted by Gasteiger charge is -2.28. The Morgan fingerprint density at radius 2 is 1.84 bits per heavy atom. The molecule has 2 fully saturated rings. The highest BCUT2D eigenvalue weighted by molar-refractivity contribution is 6.30. The smallest absolute Gasteiger partial charge is 0.251 e. The highest BCUT2D eigenvalue weighted by atomic mass is 35.5. The highest BCUT2D eigenvalue weighted by Crippen LogP contribution is 2.26. The van der Waals surface area contributed by atoms with Gasteiger partial charge in [0.15, 0.2) is 0 Å². The van der Waals surface area contributed by atoms with Gasteiger partial charge in [-0.15, -0.1) is 0 Å². The van der Waals surface area contributed by atoms with E-state index in [1.54, 1.807) is 18.2 Å². The van der Waals surface area contributed by atoms with Gasteiger partial charge in [-0.3, -0.25) is 14.5 Å². The van der Waals surface area contributed by atoms with Crippen LogP contribution in [-0.2, 0) is 4.79 Å². The van der Waals surface area contributed by atoms with E-state index in [9.17, 15) is 9.59 Å². The summed E-state index contributed by atoms with van der Waals surface area (Å²) in [5.41, 5.74) is 2.64. The number of carbonyl (C=O) groups is 2. The summed E-state index contributed by atoms with van der Waals surface area (Å²) in [6.45, 7) is 2.59. The van der Waals surface area contributed by atoms with Crippen LogP contribution in [0.4, 0.5) is 0 Å². The van der Waals surface area contributed by atoms with Crippen molar-refractivity contribution in [3.05, 3.63) is 76.3 Å². The van der Waals surface area contributed by atoms with Gasteiger partial charge in [0.1, 0.15) is 0 Å². The van der Waals surface area contributed by atoms with Gasteiger partial charge >= 0.3 is 0 Å². The van der Waals surface area contributed by atoms with Gasteiger partial charge in [-0.25, -0.2) is 0 Å². The average Bonchev–Trinajstić information content (AvgIpc) is 3.42. The molecule has 1 atom stereocenters. The van der Waals surface area contributed by atoms with Crippen LogP contribution in [0.1, 0.15) is 53.2 Å². The number of hydrogen-bond acceptors (Lipinski definition) is 3. The lowest BCUT2D eigenvalue weighted by molar-refractivity contribution is -0.116. The summed E-state index contributed by atoms with van der Waals surface area (Å²) in [6, 6.07) is 15.6. The summed E-state index contributed by atoms with van der Waals surface area (Å²) < 4.78 is 0. The molecule has 2 N–H and O–H groups in total. The molecule has 0 aromatic heterocycles. The molecule has 0 unspecified atom stereocenters. The van der Waals surface area contributed by atoms with Crippen molar-refractivity contribution in [1.82, 2.24) is 15.5 Å². The van der Waals surface area contributed by atoms with E-state index in [4.69, 9.17) is 11.6 Å². The third-order valence-corrected chi connectivity index (χ3v) is 6.03. The number of rotatable bonds is 8. The first-order valence-corrected chi connectivity index (χ1v) is 11.3. The standard InChI is InChI=1S/C25H28ClN3O2/c26-21-5-3-4-20(16-21)23(29-14-1-2-15-29)17-27-24(30)13-8-18-6-9-19(10-7-18)25(31)28-22-11-12-22/h3-10,13,16,22-23H,1-2,11-12,14-15,17H2,(H,27,30)(H,28,31)/b13-8+/t23-/m0/s1. The van der Waals surface area contributed by atoms with Crippen molar-refractivity contribution in [1.29, 1.82) is 0 Å². The van der Waals surface area contributed by atoms with Gasteiger partial charge in [-0.2, -0.15) is 0 Å². The van der Waals surface area contributed by atoms with Crippen LogP contribution in [0.15, 0.2) is 54.6 Å². The van der Waals surface area contributed by atoms with Crippen LogP contribution >= 0.6 is 11.6 Å². The van der Waals surface area contributed by atoms with Crippen LogP contribution in [0.25, 0.3) is 6.08 Å². The third kappa shape index (κ3) is 6.18. The van der Waals surface area contributed by atoms with Gasteiger partial charge in [0.05, 0.1) is 6.04 Å². The van der Waals surface area contributed by atoms with Gasteiger partial charge in [0.2, 0.25) is 5.91 Å². The molecule has 0 spiro atoms. The van der Waals surface area contributed by atoms with Crippen LogP contribution in [0.2, 0.25) is 5.02 Å². The van der Waals surface area contributed by atoms with Crippen molar-refractivity contribution in [2.45, 2.75) is 37.8 Å². The lowest BCUT2D eigenvalue weighted by Crippen LogP contribution is -2.36. The Morgan fingerprint density at radius 3 is 2.52 bits per heavy atom. The molecule has 31 heavy (non-hydrogen) atoms. The number of hydrogen-bond donors (Lipinski definition) is 2. The zero-order chi connectivity index (χ0) is 21.6. The molecule has 6 heteroatoms. The second-order valence-electron chi connectivity index (χ2n) is 8.26. The molecule has 2 aromatic carbocycles. The first kappa shape index (κ1) is 21.6. The van der Waals surface area contributed by atoms with Crippen molar-refractivity contribution in [3.8, 4) is 0 Å². The fraction of sp³-hybridized carbons (Fsp3) is 0.360. The normalized spacial score (nSPS) is 17.6. The molecule has 2 aliphatic rings. The second-order valence-corrected chi connectivity index (χ2v) is 8.70. The molecule has 5 nitrogen and oxygen atoms in total. The Labute approximate surface area is 188 Å². The zero-order valence-electron chi connectivity index (χ0n) is 17.5. The molecule has 1 saturated carbocycles. The summed E-state index contributed by atoms with van der Waals surface area (Å²) in [7, 11) is 0. The minimum absolute atomic E-state index is 0.0373. The first-order valence-electron chi connectivity index (χ1n) is 10.9. The zero-order valence-corrected chi connectivity index (χ0v) is 18.3. The maximum atomic E-state index is 12.4. The summed E-state index contributed by atoms with van der Waals surface area (Å²) >= 11 is 6.19. The van der Waals surface area contributed by atoms with Crippen LogP contribution in [-0.4, -0.2) is 42.4 Å². The van der Waals surface area contributed by atoms with Crippen molar-refractivity contribution in [3.63, 3.8) is 0 Å². The van der Waals surface area contributed by atoms with E-state index < -0.39 is 0 Å². The predicted octanol–water partition coefficient (Wildman–Crippen LogP) is 4.20. The summed E-state index contributed by atoms with van der Waals surface area (Å²) in [5, 5.41) is 6.72. The predicted molar refractivity (Wildman–Crippen MR) is 124 cm³/mol. The van der Waals surface area contributed by atoms with Crippen molar-refractivity contribution in [2.24, 2.45) is 0 Å². The van der Waals surface area contributed by atoms with Gasteiger partial charge in [-0.05, 0) is 80.2 Å². The molecule has 1 saturated heterocycles. The van der Waals surface area contributed by atoms with Crippen LogP contribution < -0.4 is 10.6 Å². The van der Waals surface area contributed by atoms with Crippen LogP contribution in [0.5, 0.6) is 0 Å². The summed E-state index contributed by atoms with van der Waals surface area (Å²) in [5.74, 6) is -0.175. The number of nitrogens with zero attached hydrogens (tertiary/aromatic N) is 1. The van der Waals surface area contributed by atoms with E-state index >= 15 is 0 Å². The third-order valence-electron chi connectivity index (χ3n) is 5.80. The van der Waals surface area contributed by atoms with Crippen LogP contribution in [0.3, 0.4) is 0 Å². The molecular formula is C25H28ClN3O2. The summed E-state index contributed by atoms with van der Waals surface area (Å²) in [4.78, 5) is 26.9. The number of benzene rings is 2. The van der Waals surface area contributed by atoms with E-state index in [2.05, 4.69) is 21.6 Å². The molecule has 162 valence electrons. The molecule has 1 aliphatic heterocycles. The molecule has 0 bridgehead atoms. The average molecular weight is 438 g/mol. The Balaban J connectivity index is 1.33. The Bertz CT molecular complexity index is 947. The molecule has 2 aromatic rings. The molecule has 0 radical (unpaired) electrons. The first-order chi connectivity index (χ1) is 15.1. The van der Waals surface area contributed by atoms with Crippen molar-refractivity contribution in [2.75, 3.05) is 19.6 Å². The fourth-order valence-corrected chi connectivity index (χ4v) is 4.09. The largest absolute Gasteiger partial charge is 0.351 e. The molecule has 1 heterocycles. The number of amides is 2. The maximum absolute atomic E-state index is 12.4. The van der Waals surface area contributed by atoms with E-state index in [-0.39, 0.29) is 17.9 Å². The minimum atomic E-state index is -0.137. The second kappa shape index (κ2) is 10.1. The van der Waals surface area contributed by atoms with Crippen molar-refractivity contribution >= 4 is 29.5 Å². The Kier molecular flexibility index (Phi) is 7.05. The van der Waals surface area contributed by atoms with E-state index in [0.29, 0.717) is 23.2 Å². The minimum Gasteiger partial charge on any atom is -0.351 e. The topological polar surface area (TPSA) is 61.4 Å². The lowest BCUT2D eigenvalue weighted by atomic mass is 10.1. The quantitative estimate of drug-likeness (QED) is 0.608. The summed E-state index contributed by atoms with van der Waals surface area (Å²) in [6.07, 6.45) is 7.80. The number of halogens is 1. The molecule has 2 amide bonds. The maximum Gasteiger partial charge on any atom is 0.251 e. The SMILES string of the molecule is O=C(/C=C/c1ccc(C(=O)NC2CC2)cc1)NC[C@@H](c1cccc(Cl)c1)N1CCCC1. The van der Waals surface area contributed by atoms with E-state index in [1.807, 2.05) is 30.3 Å². The van der Waals surface area contributed by atoms with Gasteiger partial charge in [0, 0.05) is 29.2 Å². The Morgan fingerprint density at radius 1 is 1.10 bits per heavy atom. The van der Waals surface area contributed by atoms with Crippen LogP contribution in [0, 0.1) is 0 Å². The molecule has 1 aliphatic carbocycles. The monoisotopic (exact) mass is 437 g/mol. The fourth-order valence-electron chi connectivity index (χ4n) is 3.90. The van der Waals surface area contributed by atoms with Gasteiger partial charge in [0.25, 0.3) is 5.91 Å². The Hall–Kier alpha value is -2.63. The van der Waals surface area contributed by atoms with Crippen molar-refractivity contribution < 1.29 is 9.59 Å². The number of carbonyl (C=O) groups excluding carboxylic acids is 2. The van der Waals surface area contributed by atoms with Gasteiger partial charge in [-0.1, -0.05) is 35.9 Å². The molecular weight excluding hydrogens is 410 g/mol. The van der Waals surface area contributed by atoms with Gasteiger partial charge < -0.3 is 10.6 Å². The van der Waals surface area contributed by atoms with E-state index in [0.717, 1.165) is 37.1 Å².